The van der Waals surface area contributed by atoms with Crippen molar-refractivity contribution in [3.8, 4) is 22.3 Å². The fraction of sp³-hybridized carbons (Fsp3) is 0.0690. The van der Waals surface area contributed by atoms with Crippen LogP contribution >= 0.6 is 11.8 Å². The first-order valence-corrected chi connectivity index (χ1v) is 22.0. The molecule has 2 aliphatic rings. The summed E-state index contributed by atoms with van der Waals surface area (Å²) in [6, 6.07) is 70.4. The number of anilines is 2. The Balaban J connectivity index is 1.04. The van der Waals surface area contributed by atoms with Crippen molar-refractivity contribution in [2.75, 3.05) is 4.90 Å². The summed E-state index contributed by atoms with van der Waals surface area (Å²) in [5.41, 5.74) is 13.9. The molecule has 1 aliphatic heterocycles. The van der Waals surface area contributed by atoms with E-state index in [4.69, 9.17) is 4.42 Å². The lowest BCUT2D eigenvalue weighted by atomic mass is 9.76. The molecular formula is C58H43NOS. The van der Waals surface area contributed by atoms with Crippen LogP contribution in [0.5, 0.6) is 0 Å². The van der Waals surface area contributed by atoms with E-state index in [2.05, 4.69) is 224 Å². The van der Waals surface area contributed by atoms with Gasteiger partial charge >= 0.3 is 0 Å². The molecule has 2 heterocycles. The van der Waals surface area contributed by atoms with Crippen molar-refractivity contribution in [3.63, 3.8) is 0 Å². The van der Waals surface area contributed by atoms with Crippen molar-refractivity contribution in [1.29, 1.82) is 0 Å². The molecule has 0 saturated carbocycles. The van der Waals surface area contributed by atoms with Crippen LogP contribution in [-0.2, 0) is 0 Å². The van der Waals surface area contributed by atoms with Gasteiger partial charge in [0.05, 0.1) is 5.69 Å². The Hall–Kier alpha value is -7.07. The summed E-state index contributed by atoms with van der Waals surface area (Å²) in [6.07, 6.45) is 9.59. The van der Waals surface area contributed by atoms with E-state index in [1.807, 2.05) is 17.8 Å². The van der Waals surface area contributed by atoms with Crippen LogP contribution in [0, 0.1) is 0 Å². The first-order valence-electron chi connectivity index (χ1n) is 21.1. The van der Waals surface area contributed by atoms with Gasteiger partial charge in [-0.25, -0.2) is 0 Å². The van der Waals surface area contributed by atoms with Gasteiger partial charge in [-0.3, -0.25) is 0 Å². The summed E-state index contributed by atoms with van der Waals surface area (Å²) >= 11 is 2.05. The smallest absolute Gasteiger partial charge is 0.159 e. The van der Waals surface area contributed by atoms with Crippen molar-refractivity contribution in [3.05, 3.63) is 246 Å². The number of hydrogen-bond donors (Lipinski definition) is 0. The standard InChI is InChI=1S/C58H43NOS/c1-2-14-40-17-9-10-20-45(40)37-39-25-27-42(28-26-39)43-29-32-47(33-30-43)59(52-36-35-48(44-18-7-4-8-19-44)58-56(52)51-21-11-12-24-55(51)61-58)53-23-13-22-50-49-34-31-46(38-54(49)60-57(50)53)41-15-5-3-6-16-41/h2-34,36-38,48,56,58H,1,35H2/b40-14-,45-37+. The van der Waals surface area contributed by atoms with E-state index in [1.165, 1.54) is 43.6 Å². The molecule has 0 amide bonds. The number of thioether (sulfide) groups is 1. The van der Waals surface area contributed by atoms with Crippen molar-refractivity contribution in [1.82, 2.24) is 0 Å². The van der Waals surface area contributed by atoms with Crippen LogP contribution in [0.25, 0.3) is 56.3 Å². The summed E-state index contributed by atoms with van der Waals surface area (Å²) in [6.45, 7) is 3.90. The maximum atomic E-state index is 6.99. The fourth-order valence-corrected chi connectivity index (χ4v) is 11.2. The highest BCUT2D eigenvalue weighted by molar-refractivity contribution is 8.00. The van der Waals surface area contributed by atoms with Crippen LogP contribution in [0.1, 0.15) is 34.9 Å². The van der Waals surface area contributed by atoms with Gasteiger partial charge < -0.3 is 9.32 Å². The summed E-state index contributed by atoms with van der Waals surface area (Å²) in [7, 11) is 0. The predicted octanol–water partition coefficient (Wildman–Crippen LogP) is 14.2. The third-order valence-electron chi connectivity index (χ3n) is 12.4. The molecule has 1 aliphatic carbocycles. The summed E-state index contributed by atoms with van der Waals surface area (Å²) < 4.78 is 6.99. The monoisotopic (exact) mass is 801 g/mol. The van der Waals surface area contributed by atoms with E-state index in [1.54, 1.807) is 0 Å². The number of furan rings is 1. The first kappa shape index (κ1) is 37.0. The number of benzene rings is 8. The Morgan fingerprint density at radius 3 is 2.05 bits per heavy atom. The van der Waals surface area contributed by atoms with Crippen LogP contribution < -0.4 is 15.3 Å². The molecule has 0 radical (unpaired) electrons. The van der Waals surface area contributed by atoms with Gasteiger partial charge in [0, 0.05) is 44.1 Å². The molecule has 0 spiro atoms. The van der Waals surface area contributed by atoms with Gasteiger partial charge in [0.2, 0.25) is 0 Å². The summed E-state index contributed by atoms with van der Waals surface area (Å²) in [5.74, 6) is 0.575. The van der Waals surface area contributed by atoms with E-state index in [0.717, 1.165) is 56.1 Å². The number of allylic oxidation sites excluding steroid dienone is 3. The molecule has 0 bridgehead atoms. The number of para-hydroxylation sites is 1. The van der Waals surface area contributed by atoms with Crippen LogP contribution in [0.3, 0.4) is 0 Å². The minimum atomic E-state index is 0.183. The predicted molar refractivity (Wildman–Crippen MR) is 258 cm³/mol. The molecule has 0 fully saturated rings. The van der Waals surface area contributed by atoms with E-state index in [0.29, 0.717) is 11.2 Å². The highest BCUT2D eigenvalue weighted by Crippen LogP contribution is 2.59. The minimum Gasteiger partial charge on any atom is -0.454 e. The second-order valence-electron chi connectivity index (χ2n) is 16.0. The van der Waals surface area contributed by atoms with Crippen LogP contribution in [0.2, 0.25) is 0 Å². The Morgan fingerprint density at radius 2 is 1.26 bits per heavy atom. The molecule has 9 aromatic rings. The van der Waals surface area contributed by atoms with E-state index in [9.17, 15) is 0 Å². The van der Waals surface area contributed by atoms with Crippen LogP contribution in [-0.4, -0.2) is 5.25 Å². The van der Waals surface area contributed by atoms with Gasteiger partial charge in [-0.15, -0.1) is 11.8 Å². The minimum absolute atomic E-state index is 0.183. The Kier molecular flexibility index (Phi) is 9.60. The zero-order valence-corrected chi connectivity index (χ0v) is 34.5. The maximum Gasteiger partial charge on any atom is 0.159 e. The molecule has 3 unspecified atom stereocenters. The molecular weight excluding hydrogens is 759 g/mol. The molecule has 3 heteroatoms. The maximum absolute atomic E-state index is 6.99. The van der Waals surface area contributed by atoms with Crippen molar-refractivity contribution < 1.29 is 4.42 Å². The average molecular weight is 802 g/mol. The van der Waals surface area contributed by atoms with E-state index >= 15 is 0 Å². The van der Waals surface area contributed by atoms with Gasteiger partial charge in [-0.05, 0) is 98.3 Å². The van der Waals surface area contributed by atoms with Gasteiger partial charge in [0.25, 0.3) is 0 Å². The van der Waals surface area contributed by atoms with E-state index < -0.39 is 0 Å². The third kappa shape index (κ3) is 6.82. The van der Waals surface area contributed by atoms with Gasteiger partial charge in [-0.2, -0.15) is 0 Å². The topological polar surface area (TPSA) is 16.4 Å². The largest absolute Gasteiger partial charge is 0.454 e. The van der Waals surface area contributed by atoms with Crippen molar-refractivity contribution in [2.24, 2.45) is 0 Å². The van der Waals surface area contributed by atoms with Gasteiger partial charge in [0.1, 0.15) is 5.58 Å². The zero-order valence-electron chi connectivity index (χ0n) is 33.7. The second-order valence-corrected chi connectivity index (χ2v) is 17.2. The molecule has 3 atom stereocenters. The second kappa shape index (κ2) is 15.8. The summed E-state index contributed by atoms with van der Waals surface area (Å²) in [5, 5.41) is 4.92. The Labute approximate surface area is 361 Å². The van der Waals surface area contributed by atoms with Crippen LogP contribution in [0.4, 0.5) is 11.4 Å². The van der Waals surface area contributed by atoms with Gasteiger partial charge in [0.15, 0.2) is 5.58 Å². The van der Waals surface area contributed by atoms with Gasteiger partial charge in [-0.1, -0.05) is 183 Å². The first-order chi connectivity index (χ1) is 30.2. The molecule has 0 N–H and O–H groups in total. The fourth-order valence-electron chi connectivity index (χ4n) is 9.52. The Bertz CT molecular complexity index is 3220. The lowest BCUT2D eigenvalue weighted by Crippen LogP contribution is -2.32. The normalized spacial score (nSPS) is 17.6. The lowest BCUT2D eigenvalue weighted by molar-refractivity contribution is 0.562. The highest BCUT2D eigenvalue weighted by atomic mass is 32.2. The molecule has 1 aromatic heterocycles. The number of nitrogens with zero attached hydrogens (tertiary/aromatic N) is 1. The Morgan fingerprint density at radius 1 is 0.590 bits per heavy atom. The SMILES string of the molecule is C=C/C=c1/cccc/c1=C\c1ccc(-c2ccc(N(C3=CCC(c4ccccc4)C4Sc5ccccc5C34)c3cccc4c3oc3cc(-c5ccccc5)ccc34)cc2)cc1. The summed E-state index contributed by atoms with van der Waals surface area (Å²) in [4.78, 5) is 3.88. The molecule has 11 rings (SSSR count). The quantitative estimate of drug-likeness (QED) is 0.152. The highest BCUT2D eigenvalue weighted by Gasteiger charge is 2.45. The molecule has 292 valence electrons. The lowest BCUT2D eigenvalue weighted by Gasteiger charge is -2.40. The zero-order chi connectivity index (χ0) is 40.7. The number of fused-ring (bicyclic) bond motifs is 6. The molecule has 61 heavy (non-hydrogen) atoms. The number of rotatable bonds is 8. The molecule has 0 saturated heterocycles. The average Bonchev–Trinajstić information content (AvgIpc) is 3.90. The third-order valence-corrected chi connectivity index (χ3v) is 13.9. The van der Waals surface area contributed by atoms with Crippen molar-refractivity contribution in [2.45, 2.75) is 28.4 Å². The molecule has 8 aromatic carbocycles. The van der Waals surface area contributed by atoms with E-state index in [-0.39, 0.29) is 5.92 Å². The molecule has 2 nitrogen and oxygen atoms in total. The van der Waals surface area contributed by atoms with Crippen molar-refractivity contribution >= 4 is 57.2 Å². The van der Waals surface area contributed by atoms with Crippen LogP contribution in [0.15, 0.2) is 228 Å². The number of hydrogen-bond acceptors (Lipinski definition) is 3.